The molecule has 3 heteroatoms. The van der Waals surface area contributed by atoms with Crippen LogP contribution in [-0.4, -0.2) is 30.4 Å². The number of hydrogen-bond acceptors (Lipinski definition) is 3. The van der Waals surface area contributed by atoms with Crippen molar-refractivity contribution >= 4 is 0 Å². The Morgan fingerprint density at radius 3 is 2.17 bits per heavy atom. The maximum Gasteiger partial charge on any atom is 0.119 e. The van der Waals surface area contributed by atoms with Crippen LogP contribution in [0.4, 0.5) is 0 Å². The summed E-state index contributed by atoms with van der Waals surface area (Å²) in [6.45, 7) is 9.02. The summed E-state index contributed by atoms with van der Waals surface area (Å²) in [5, 5.41) is 12.5. The van der Waals surface area contributed by atoms with Gasteiger partial charge in [0.1, 0.15) is 12.4 Å². The van der Waals surface area contributed by atoms with E-state index in [1.54, 1.807) is 0 Å². The SMILES string of the molecule is CC(C)NC(CO)COc1ccc(C(C)C)cc1. The fraction of sp³-hybridized carbons (Fsp3) is 0.600. The van der Waals surface area contributed by atoms with Gasteiger partial charge >= 0.3 is 0 Å². The highest BCUT2D eigenvalue weighted by molar-refractivity contribution is 5.28. The van der Waals surface area contributed by atoms with Crippen LogP contribution >= 0.6 is 0 Å². The first-order valence-electron chi connectivity index (χ1n) is 6.62. The minimum absolute atomic E-state index is 0.0187. The van der Waals surface area contributed by atoms with Crippen LogP contribution in [0.5, 0.6) is 5.75 Å². The van der Waals surface area contributed by atoms with Crippen LogP contribution < -0.4 is 10.1 Å². The molecule has 3 nitrogen and oxygen atoms in total. The Morgan fingerprint density at radius 2 is 1.72 bits per heavy atom. The zero-order valence-corrected chi connectivity index (χ0v) is 11.8. The zero-order chi connectivity index (χ0) is 13.5. The van der Waals surface area contributed by atoms with Gasteiger partial charge in [-0.3, -0.25) is 0 Å². The van der Waals surface area contributed by atoms with E-state index in [1.807, 2.05) is 12.1 Å². The summed E-state index contributed by atoms with van der Waals surface area (Å²) in [6.07, 6.45) is 0. The number of ether oxygens (including phenoxy) is 1. The fourth-order valence-corrected chi connectivity index (χ4v) is 1.77. The van der Waals surface area contributed by atoms with Gasteiger partial charge < -0.3 is 15.2 Å². The molecule has 0 heterocycles. The molecule has 0 saturated carbocycles. The first kappa shape index (κ1) is 15.0. The standard InChI is InChI=1S/C15H25NO2/c1-11(2)13-5-7-15(8-6-13)18-10-14(9-17)16-12(3)4/h5-8,11-12,14,16-17H,9-10H2,1-4H3. The predicted octanol–water partition coefficient (Wildman–Crippen LogP) is 2.55. The lowest BCUT2D eigenvalue weighted by molar-refractivity contribution is 0.177. The summed E-state index contributed by atoms with van der Waals surface area (Å²) >= 11 is 0. The number of aliphatic hydroxyl groups excluding tert-OH is 1. The third-order valence-electron chi connectivity index (χ3n) is 2.79. The Morgan fingerprint density at radius 1 is 1.11 bits per heavy atom. The van der Waals surface area contributed by atoms with Crippen molar-refractivity contribution in [3.05, 3.63) is 29.8 Å². The molecule has 0 saturated heterocycles. The summed E-state index contributed by atoms with van der Waals surface area (Å²) in [5.41, 5.74) is 1.31. The lowest BCUT2D eigenvalue weighted by atomic mass is 10.0. The molecule has 2 N–H and O–H groups in total. The van der Waals surface area contributed by atoms with Crippen molar-refractivity contribution in [2.45, 2.75) is 45.7 Å². The van der Waals surface area contributed by atoms with Crippen LogP contribution in [-0.2, 0) is 0 Å². The monoisotopic (exact) mass is 251 g/mol. The Kier molecular flexibility index (Phi) is 6.16. The molecule has 0 aliphatic rings. The summed E-state index contributed by atoms with van der Waals surface area (Å²) in [6, 6.07) is 8.47. The van der Waals surface area contributed by atoms with E-state index in [-0.39, 0.29) is 12.6 Å². The van der Waals surface area contributed by atoms with Gasteiger partial charge in [-0.05, 0) is 23.6 Å². The Labute approximate surface area is 110 Å². The molecular formula is C15H25NO2. The molecule has 0 fully saturated rings. The summed E-state index contributed by atoms with van der Waals surface area (Å²) in [4.78, 5) is 0. The minimum Gasteiger partial charge on any atom is -0.492 e. The van der Waals surface area contributed by atoms with Crippen molar-refractivity contribution in [3.8, 4) is 5.75 Å². The molecule has 0 radical (unpaired) electrons. The molecule has 102 valence electrons. The van der Waals surface area contributed by atoms with E-state index in [2.05, 4.69) is 45.1 Å². The number of nitrogens with one attached hydrogen (secondary N) is 1. The van der Waals surface area contributed by atoms with Crippen molar-refractivity contribution < 1.29 is 9.84 Å². The summed E-state index contributed by atoms with van der Waals surface area (Å²) < 4.78 is 5.67. The Hall–Kier alpha value is -1.06. The van der Waals surface area contributed by atoms with E-state index in [0.717, 1.165) is 5.75 Å². The average Bonchev–Trinajstić information content (AvgIpc) is 2.34. The van der Waals surface area contributed by atoms with E-state index in [1.165, 1.54) is 5.56 Å². The van der Waals surface area contributed by atoms with Crippen LogP contribution in [0.3, 0.4) is 0 Å². The predicted molar refractivity (Wildman–Crippen MR) is 75.2 cm³/mol. The van der Waals surface area contributed by atoms with Crippen LogP contribution in [0.15, 0.2) is 24.3 Å². The van der Waals surface area contributed by atoms with Crippen molar-refractivity contribution in [3.63, 3.8) is 0 Å². The van der Waals surface area contributed by atoms with E-state index in [0.29, 0.717) is 18.6 Å². The smallest absolute Gasteiger partial charge is 0.119 e. The van der Waals surface area contributed by atoms with E-state index < -0.39 is 0 Å². The number of aliphatic hydroxyl groups is 1. The molecule has 0 aliphatic heterocycles. The molecule has 1 atom stereocenters. The van der Waals surface area contributed by atoms with Gasteiger partial charge in [0.05, 0.1) is 12.6 Å². The Bertz CT molecular complexity index is 333. The molecule has 0 spiro atoms. The van der Waals surface area contributed by atoms with Gasteiger partial charge in [0.2, 0.25) is 0 Å². The fourth-order valence-electron chi connectivity index (χ4n) is 1.77. The molecule has 18 heavy (non-hydrogen) atoms. The van der Waals surface area contributed by atoms with E-state index in [9.17, 15) is 5.11 Å². The van der Waals surface area contributed by atoms with Gasteiger partial charge in [0, 0.05) is 6.04 Å². The number of hydrogen-bond donors (Lipinski definition) is 2. The van der Waals surface area contributed by atoms with E-state index in [4.69, 9.17) is 4.74 Å². The molecule has 1 rings (SSSR count). The molecule has 1 aromatic rings. The van der Waals surface area contributed by atoms with Crippen LogP contribution in [0.1, 0.15) is 39.2 Å². The average molecular weight is 251 g/mol. The lowest BCUT2D eigenvalue weighted by Gasteiger charge is -2.19. The second kappa shape index (κ2) is 7.39. The highest BCUT2D eigenvalue weighted by Crippen LogP contribution is 2.18. The third kappa shape index (κ3) is 5.07. The highest BCUT2D eigenvalue weighted by Gasteiger charge is 2.09. The quantitative estimate of drug-likeness (QED) is 0.782. The lowest BCUT2D eigenvalue weighted by Crippen LogP contribution is -2.41. The molecule has 0 aromatic heterocycles. The maximum absolute atomic E-state index is 9.23. The third-order valence-corrected chi connectivity index (χ3v) is 2.79. The second-order valence-electron chi connectivity index (χ2n) is 5.24. The Balaban J connectivity index is 2.47. The molecule has 0 bridgehead atoms. The van der Waals surface area contributed by atoms with Crippen molar-refractivity contribution in [2.24, 2.45) is 0 Å². The van der Waals surface area contributed by atoms with Crippen LogP contribution in [0.2, 0.25) is 0 Å². The minimum atomic E-state index is -0.0187. The highest BCUT2D eigenvalue weighted by atomic mass is 16.5. The van der Waals surface area contributed by atoms with E-state index >= 15 is 0 Å². The summed E-state index contributed by atoms with van der Waals surface area (Å²) in [5.74, 6) is 1.38. The first-order chi connectivity index (χ1) is 8.52. The molecular weight excluding hydrogens is 226 g/mol. The van der Waals surface area contributed by atoms with Gasteiger partial charge in [0.15, 0.2) is 0 Å². The summed E-state index contributed by atoms with van der Waals surface area (Å²) in [7, 11) is 0. The normalized spacial score (nSPS) is 13.1. The topological polar surface area (TPSA) is 41.5 Å². The largest absolute Gasteiger partial charge is 0.492 e. The first-order valence-corrected chi connectivity index (χ1v) is 6.62. The molecule has 0 amide bonds. The van der Waals surface area contributed by atoms with Crippen LogP contribution in [0, 0.1) is 0 Å². The number of benzene rings is 1. The van der Waals surface area contributed by atoms with Gasteiger partial charge in [-0.25, -0.2) is 0 Å². The maximum atomic E-state index is 9.23. The molecule has 1 unspecified atom stereocenters. The second-order valence-corrected chi connectivity index (χ2v) is 5.24. The van der Waals surface area contributed by atoms with Crippen molar-refractivity contribution in [2.75, 3.05) is 13.2 Å². The van der Waals surface area contributed by atoms with Crippen LogP contribution in [0.25, 0.3) is 0 Å². The number of rotatable bonds is 7. The van der Waals surface area contributed by atoms with Gasteiger partial charge in [-0.1, -0.05) is 39.8 Å². The van der Waals surface area contributed by atoms with Gasteiger partial charge in [-0.15, -0.1) is 0 Å². The van der Waals surface area contributed by atoms with Gasteiger partial charge in [0.25, 0.3) is 0 Å². The zero-order valence-electron chi connectivity index (χ0n) is 11.8. The van der Waals surface area contributed by atoms with Crippen molar-refractivity contribution in [1.82, 2.24) is 5.32 Å². The molecule has 1 aromatic carbocycles. The molecule has 0 aliphatic carbocycles. The van der Waals surface area contributed by atoms with Crippen molar-refractivity contribution in [1.29, 1.82) is 0 Å². The van der Waals surface area contributed by atoms with Gasteiger partial charge in [-0.2, -0.15) is 0 Å².